The summed E-state index contributed by atoms with van der Waals surface area (Å²) in [6.45, 7) is 1.10. The number of likely N-dealkylation sites (tertiary alicyclic amines) is 1. The van der Waals surface area contributed by atoms with Crippen LogP contribution in [0.3, 0.4) is 0 Å². The number of esters is 1. The van der Waals surface area contributed by atoms with E-state index < -0.39 is 0 Å². The summed E-state index contributed by atoms with van der Waals surface area (Å²) < 4.78 is 6.24. The predicted molar refractivity (Wildman–Crippen MR) is 96.9 cm³/mol. The van der Waals surface area contributed by atoms with Crippen LogP contribution in [0, 0.1) is 5.92 Å². The number of thiophene rings is 1. The van der Waals surface area contributed by atoms with Gasteiger partial charge in [-0.3, -0.25) is 19.0 Å². The number of carbonyl (C=O) groups is 2. The molecule has 1 amide bonds. The summed E-state index contributed by atoms with van der Waals surface area (Å²) in [5, 5.41) is 2.98. The number of hydrogen-bond acceptors (Lipinski definition) is 7. The minimum atomic E-state index is -0.204. The van der Waals surface area contributed by atoms with Gasteiger partial charge in [0.05, 0.1) is 24.2 Å². The van der Waals surface area contributed by atoms with Crippen molar-refractivity contribution in [3.63, 3.8) is 0 Å². The third kappa shape index (κ3) is 3.72. The monoisotopic (exact) mass is 381 g/mol. The molecule has 3 heterocycles. The third-order valence-electron chi connectivity index (χ3n) is 4.37. The van der Waals surface area contributed by atoms with E-state index in [-0.39, 0.29) is 29.1 Å². The number of piperidine rings is 1. The topological polar surface area (TPSA) is 81.5 Å². The van der Waals surface area contributed by atoms with E-state index in [9.17, 15) is 14.4 Å². The molecule has 2 aromatic heterocycles. The number of thioether (sulfide) groups is 1. The van der Waals surface area contributed by atoms with Gasteiger partial charge in [-0.05, 0) is 24.3 Å². The van der Waals surface area contributed by atoms with Gasteiger partial charge in [-0.25, -0.2) is 4.98 Å². The molecule has 0 spiro atoms. The Morgan fingerprint density at radius 2 is 2.12 bits per heavy atom. The van der Waals surface area contributed by atoms with Gasteiger partial charge in [-0.2, -0.15) is 0 Å². The molecule has 9 heteroatoms. The van der Waals surface area contributed by atoms with Crippen molar-refractivity contribution in [3.05, 3.63) is 21.8 Å². The van der Waals surface area contributed by atoms with Gasteiger partial charge in [0.2, 0.25) is 5.91 Å². The normalized spacial score (nSPS) is 15.5. The van der Waals surface area contributed by atoms with E-state index in [2.05, 4.69) is 4.98 Å². The van der Waals surface area contributed by atoms with Crippen LogP contribution in [0.15, 0.2) is 21.4 Å². The van der Waals surface area contributed by atoms with Crippen LogP contribution < -0.4 is 5.56 Å². The Hall–Kier alpha value is -1.87. The van der Waals surface area contributed by atoms with E-state index in [0.29, 0.717) is 41.3 Å². The first kappa shape index (κ1) is 17.9. The van der Waals surface area contributed by atoms with Crippen molar-refractivity contribution >= 4 is 45.2 Å². The van der Waals surface area contributed by atoms with Gasteiger partial charge < -0.3 is 9.64 Å². The van der Waals surface area contributed by atoms with E-state index in [1.807, 2.05) is 5.38 Å². The SMILES string of the molecule is COC(=O)C1CCN(C(=O)CSc2nc3sccc3c(=O)n2C)CC1. The summed E-state index contributed by atoms with van der Waals surface area (Å²) in [6.07, 6.45) is 1.25. The van der Waals surface area contributed by atoms with E-state index in [4.69, 9.17) is 4.74 Å². The fraction of sp³-hybridized carbons (Fsp3) is 0.500. The summed E-state index contributed by atoms with van der Waals surface area (Å²) in [5.41, 5.74) is -0.0971. The lowest BCUT2D eigenvalue weighted by atomic mass is 9.97. The molecule has 0 radical (unpaired) electrons. The average molecular weight is 381 g/mol. The Morgan fingerprint density at radius 1 is 1.40 bits per heavy atom. The van der Waals surface area contributed by atoms with Crippen LogP contribution in [0.2, 0.25) is 0 Å². The van der Waals surface area contributed by atoms with Crippen molar-refractivity contribution in [2.24, 2.45) is 13.0 Å². The second kappa shape index (κ2) is 7.57. The lowest BCUT2D eigenvalue weighted by molar-refractivity contribution is -0.148. The minimum absolute atomic E-state index is 0.00570. The number of ether oxygens (including phenoxy) is 1. The van der Waals surface area contributed by atoms with Gasteiger partial charge in [0.25, 0.3) is 5.56 Å². The largest absolute Gasteiger partial charge is 0.469 e. The van der Waals surface area contributed by atoms with Gasteiger partial charge in [0.1, 0.15) is 4.83 Å². The third-order valence-corrected chi connectivity index (χ3v) is 6.19. The molecule has 2 aromatic rings. The smallest absolute Gasteiger partial charge is 0.308 e. The van der Waals surface area contributed by atoms with Crippen LogP contribution >= 0.6 is 23.1 Å². The maximum Gasteiger partial charge on any atom is 0.308 e. The molecular formula is C16H19N3O4S2. The lowest BCUT2D eigenvalue weighted by Gasteiger charge is -2.30. The Kier molecular flexibility index (Phi) is 5.43. The number of aromatic nitrogens is 2. The molecule has 3 rings (SSSR count). The molecule has 1 aliphatic heterocycles. The van der Waals surface area contributed by atoms with Crippen molar-refractivity contribution in [1.29, 1.82) is 0 Å². The summed E-state index contributed by atoms with van der Waals surface area (Å²) >= 11 is 2.68. The van der Waals surface area contributed by atoms with Gasteiger partial charge in [0.15, 0.2) is 5.16 Å². The Balaban J connectivity index is 1.61. The van der Waals surface area contributed by atoms with Crippen molar-refractivity contribution < 1.29 is 14.3 Å². The van der Waals surface area contributed by atoms with Crippen molar-refractivity contribution in [2.75, 3.05) is 26.0 Å². The summed E-state index contributed by atoms with van der Waals surface area (Å²) in [6, 6.07) is 1.76. The van der Waals surface area contributed by atoms with Crippen LogP contribution in [-0.4, -0.2) is 52.3 Å². The Morgan fingerprint density at radius 3 is 2.80 bits per heavy atom. The van der Waals surface area contributed by atoms with E-state index in [1.165, 1.54) is 34.8 Å². The first-order chi connectivity index (χ1) is 12.0. The molecular weight excluding hydrogens is 362 g/mol. The predicted octanol–water partition coefficient (Wildman–Crippen LogP) is 1.50. The average Bonchev–Trinajstić information content (AvgIpc) is 3.11. The summed E-state index contributed by atoms with van der Waals surface area (Å²) in [4.78, 5) is 43.1. The second-order valence-electron chi connectivity index (χ2n) is 5.86. The molecule has 0 aliphatic carbocycles. The molecule has 0 unspecified atom stereocenters. The van der Waals surface area contributed by atoms with Crippen LogP contribution in [0.4, 0.5) is 0 Å². The quantitative estimate of drug-likeness (QED) is 0.454. The minimum Gasteiger partial charge on any atom is -0.469 e. The second-order valence-corrected chi connectivity index (χ2v) is 7.70. The van der Waals surface area contributed by atoms with E-state index >= 15 is 0 Å². The van der Waals surface area contributed by atoms with E-state index in [0.717, 1.165) is 0 Å². The van der Waals surface area contributed by atoms with Crippen LogP contribution in [0.5, 0.6) is 0 Å². The summed E-state index contributed by atoms with van der Waals surface area (Å²) in [5.74, 6) is -0.107. The summed E-state index contributed by atoms with van der Waals surface area (Å²) in [7, 11) is 3.05. The lowest BCUT2D eigenvalue weighted by Crippen LogP contribution is -2.41. The molecule has 25 heavy (non-hydrogen) atoms. The molecule has 1 fully saturated rings. The fourth-order valence-corrected chi connectivity index (χ4v) is 4.54. The van der Waals surface area contributed by atoms with Gasteiger partial charge in [-0.1, -0.05) is 11.8 Å². The number of amides is 1. The molecule has 7 nitrogen and oxygen atoms in total. The highest BCUT2D eigenvalue weighted by atomic mass is 32.2. The number of rotatable bonds is 4. The van der Waals surface area contributed by atoms with Crippen molar-refractivity contribution in [3.8, 4) is 0 Å². The molecule has 0 saturated carbocycles. The number of nitrogens with zero attached hydrogens (tertiary/aromatic N) is 3. The van der Waals surface area contributed by atoms with Crippen molar-refractivity contribution in [1.82, 2.24) is 14.5 Å². The highest BCUT2D eigenvalue weighted by molar-refractivity contribution is 7.99. The Labute approximate surface area is 153 Å². The first-order valence-electron chi connectivity index (χ1n) is 7.94. The van der Waals surface area contributed by atoms with Gasteiger partial charge in [0, 0.05) is 20.1 Å². The highest BCUT2D eigenvalue weighted by Crippen LogP contribution is 2.22. The number of hydrogen-bond donors (Lipinski definition) is 0. The van der Waals surface area contributed by atoms with Crippen molar-refractivity contribution in [2.45, 2.75) is 18.0 Å². The zero-order valence-electron chi connectivity index (χ0n) is 14.1. The maximum absolute atomic E-state index is 12.4. The number of methoxy groups -OCH3 is 1. The van der Waals surface area contributed by atoms with Gasteiger partial charge >= 0.3 is 5.97 Å². The Bertz CT molecular complexity index is 853. The van der Waals surface area contributed by atoms with Crippen LogP contribution in [-0.2, 0) is 21.4 Å². The molecule has 134 valence electrons. The molecule has 1 saturated heterocycles. The zero-order valence-corrected chi connectivity index (χ0v) is 15.7. The van der Waals surface area contributed by atoms with Crippen LogP contribution in [0.1, 0.15) is 12.8 Å². The molecule has 0 N–H and O–H groups in total. The highest BCUT2D eigenvalue weighted by Gasteiger charge is 2.28. The standard InChI is InChI=1S/C16H19N3O4S2/c1-18-14(21)11-5-8-24-13(11)17-16(18)25-9-12(20)19-6-3-10(4-7-19)15(22)23-2/h5,8,10H,3-4,6-7,9H2,1-2H3. The van der Waals surface area contributed by atoms with E-state index in [1.54, 1.807) is 18.0 Å². The molecule has 0 bridgehead atoms. The van der Waals surface area contributed by atoms with Gasteiger partial charge in [-0.15, -0.1) is 11.3 Å². The fourth-order valence-electron chi connectivity index (χ4n) is 2.86. The number of fused-ring (bicyclic) bond motifs is 1. The van der Waals surface area contributed by atoms with Crippen LogP contribution in [0.25, 0.3) is 10.2 Å². The molecule has 0 atom stereocenters. The first-order valence-corrected chi connectivity index (χ1v) is 9.80. The number of carbonyl (C=O) groups excluding carboxylic acids is 2. The molecule has 1 aliphatic rings. The maximum atomic E-state index is 12.4. The molecule has 0 aromatic carbocycles. The zero-order chi connectivity index (χ0) is 18.0.